The second-order valence-electron chi connectivity index (χ2n) is 7.44. The van der Waals surface area contributed by atoms with Gasteiger partial charge in [0.15, 0.2) is 5.76 Å². The summed E-state index contributed by atoms with van der Waals surface area (Å²) in [6.45, 7) is 8.45. The summed E-state index contributed by atoms with van der Waals surface area (Å²) in [4.78, 5) is 17.0. The molecule has 1 N–H and O–H groups in total. The Balaban J connectivity index is 1.72. The van der Waals surface area contributed by atoms with Crippen molar-refractivity contribution < 1.29 is 9.21 Å². The lowest BCUT2D eigenvalue weighted by atomic mass is 9.87. The van der Waals surface area contributed by atoms with Gasteiger partial charge in [-0.25, -0.2) is 4.98 Å². The molecular weight excluding hydrogens is 360 g/mol. The molecular formula is C20H20N4O2S. The number of nitrogens with one attached hydrogen (secondary N) is 1. The van der Waals surface area contributed by atoms with Gasteiger partial charge in [-0.3, -0.25) is 4.79 Å². The smallest absolute Gasteiger partial charge is 0.292 e. The van der Waals surface area contributed by atoms with Crippen LogP contribution in [0.25, 0.3) is 15.3 Å². The number of carbonyl (C=O) groups is 1. The molecule has 0 saturated heterocycles. The van der Waals surface area contributed by atoms with Gasteiger partial charge in [-0.1, -0.05) is 38.2 Å². The summed E-state index contributed by atoms with van der Waals surface area (Å²) in [5.74, 6) is 0.487. The van der Waals surface area contributed by atoms with Crippen LogP contribution in [0, 0.1) is 6.92 Å². The molecule has 0 aliphatic carbocycles. The standard InChI is InChI=1S/C20H20N4O2S/c1-12-10-17(22-18(25)15-6-5-9-26-15)24(23-12)19-21-14-8-7-13(20(2,3)4)11-16(14)27-19/h5-11H,1-4H3,(H,22,25). The Morgan fingerprint density at radius 3 is 2.74 bits per heavy atom. The lowest BCUT2D eigenvalue weighted by Gasteiger charge is -2.18. The number of benzene rings is 1. The Hall–Kier alpha value is -2.93. The van der Waals surface area contributed by atoms with Gasteiger partial charge in [0.2, 0.25) is 5.13 Å². The van der Waals surface area contributed by atoms with Crippen molar-refractivity contribution in [1.29, 1.82) is 0 Å². The van der Waals surface area contributed by atoms with E-state index in [2.05, 4.69) is 43.3 Å². The minimum absolute atomic E-state index is 0.0722. The van der Waals surface area contributed by atoms with E-state index >= 15 is 0 Å². The van der Waals surface area contributed by atoms with E-state index in [0.29, 0.717) is 10.9 Å². The van der Waals surface area contributed by atoms with Crippen LogP contribution in [0.2, 0.25) is 0 Å². The van der Waals surface area contributed by atoms with Crippen LogP contribution in [0.4, 0.5) is 5.82 Å². The van der Waals surface area contributed by atoms with Crippen LogP contribution in [-0.4, -0.2) is 20.7 Å². The molecule has 1 aromatic carbocycles. The summed E-state index contributed by atoms with van der Waals surface area (Å²) >= 11 is 1.55. The largest absolute Gasteiger partial charge is 0.459 e. The van der Waals surface area contributed by atoms with Crippen molar-refractivity contribution in [2.75, 3.05) is 5.32 Å². The van der Waals surface area contributed by atoms with E-state index in [0.717, 1.165) is 15.9 Å². The van der Waals surface area contributed by atoms with E-state index in [9.17, 15) is 4.79 Å². The number of furan rings is 1. The van der Waals surface area contributed by atoms with Crippen LogP contribution in [0.3, 0.4) is 0 Å². The lowest BCUT2D eigenvalue weighted by Crippen LogP contribution is -2.14. The summed E-state index contributed by atoms with van der Waals surface area (Å²) in [6, 6.07) is 11.4. The van der Waals surface area contributed by atoms with Crippen molar-refractivity contribution in [1.82, 2.24) is 14.8 Å². The number of anilines is 1. The molecule has 1 amide bonds. The highest BCUT2D eigenvalue weighted by Gasteiger charge is 2.18. The SMILES string of the molecule is Cc1cc(NC(=O)c2ccco2)n(-c2nc3ccc(C(C)(C)C)cc3s2)n1. The van der Waals surface area contributed by atoms with Gasteiger partial charge >= 0.3 is 0 Å². The fourth-order valence-corrected chi connectivity index (χ4v) is 3.76. The van der Waals surface area contributed by atoms with Gasteiger partial charge in [-0.2, -0.15) is 9.78 Å². The maximum absolute atomic E-state index is 12.3. The minimum Gasteiger partial charge on any atom is -0.459 e. The number of thiazole rings is 1. The molecule has 138 valence electrons. The molecule has 0 bridgehead atoms. The molecule has 0 unspecified atom stereocenters. The number of hydrogen-bond acceptors (Lipinski definition) is 5. The molecule has 0 aliphatic heterocycles. The highest BCUT2D eigenvalue weighted by atomic mass is 32.1. The third-order valence-corrected chi connectivity index (χ3v) is 5.24. The molecule has 0 aliphatic rings. The molecule has 27 heavy (non-hydrogen) atoms. The first-order valence-electron chi connectivity index (χ1n) is 8.64. The van der Waals surface area contributed by atoms with Crippen molar-refractivity contribution in [2.45, 2.75) is 33.1 Å². The van der Waals surface area contributed by atoms with Gasteiger partial charge in [0.1, 0.15) is 5.82 Å². The zero-order valence-corrected chi connectivity index (χ0v) is 16.4. The Morgan fingerprint density at radius 1 is 1.22 bits per heavy atom. The summed E-state index contributed by atoms with van der Waals surface area (Å²) in [5.41, 5.74) is 3.04. The zero-order valence-electron chi connectivity index (χ0n) is 15.6. The quantitative estimate of drug-likeness (QED) is 0.547. The molecule has 7 heteroatoms. The van der Waals surface area contributed by atoms with Gasteiger partial charge in [0.05, 0.1) is 22.2 Å². The molecule has 3 heterocycles. The zero-order chi connectivity index (χ0) is 19.2. The summed E-state index contributed by atoms with van der Waals surface area (Å²) in [7, 11) is 0. The Kier molecular flexibility index (Phi) is 4.11. The molecule has 0 saturated carbocycles. The fraction of sp³-hybridized carbons (Fsp3) is 0.250. The van der Waals surface area contributed by atoms with Crippen LogP contribution in [0.5, 0.6) is 0 Å². The van der Waals surface area contributed by atoms with Gasteiger partial charge in [0.25, 0.3) is 5.91 Å². The predicted octanol–water partition coefficient (Wildman–Crippen LogP) is 4.93. The highest BCUT2D eigenvalue weighted by Crippen LogP contribution is 2.31. The molecule has 0 radical (unpaired) electrons. The van der Waals surface area contributed by atoms with Crippen molar-refractivity contribution in [3.05, 3.63) is 59.7 Å². The summed E-state index contributed by atoms with van der Waals surface area (Å²) < 4.78 is 7.91. The van der Waals surface area contributed by atoms with Gasteiger partial charge in [-0.15, -0.1) is 0 Å². The van der Waals surface area contributed by atoms with Crippen molar-refractivity contribution in [3.8, 4) is 5.13 Å². The minimum atomic E-state index is -0.322. The molecule has 4 rings (SSSR count). The average Bonchev–Trinajstić information content (AvgIpc) is 3.32. The fourth-order valence-electron chi connectivity index (χ4n) is 2.79. The second-order valence-corrected chi connectivity index (χ2v) is 8.45. The van der Waals surface area contributed by atoms with E-state index in [1.54, 1.807) is 28.2 Å². The number of amides is 1. The number of nitrogens with zero attached hydrogens (tertiary/aromatic N) is 3. The van der Waals surface area contributed by atoms with E-state index in [-0.39, 0.29) is 17.1 Å². The van der Waals surface area contributed by atoms with Crippen LogP contribution >= 0.6 is 11.3 Å². The number of rotatable bonds is 3. The van der Waals surface area contributed by atoms with Crippen LogP contribution < -0.4 is 5.32 Å². The number of aryl methyl sites for hydroxylation is 1. The topological polar surface area (TPSA) is 73.0 Å². The Labute approximate surface area is 160 Å². The number of fused-ring (bicyclic) bond motifs is 1. The first-order chi connectivity index (χ1) is 12.8. The molecule has 4 aromatic rings. The number of hydrogen-bond donors (Lipinski definition) is 1. The average molecular weight is 380 g/mol. The molecule has 3 aromatic heterocycles. The second kappa shape index (κ2) is 6.35. The Morgan fingerprint density at radius 2 is 2.04 bits per heavy atom. The number of carbonyl (C=O) groups excluding carboxylic acids is 1. The Bertz CT molecular complexity index is 1120. The lowest BCUT2D eigenvalue weighted by molar-refractivity contribution is 0.0996. The van der Waals surface area contributed by atoms with Crippen LogP contribution in [-0.2, 0) is 5.41 Å². The molecule has 0 spiro atoms. The van der Waals surface area contributed by atoms with Crippen molar-refractivity contribution >= 4 is 33.3 Å². The third-order valence-electron chi connectivity index (χ3n) is 4.24. The van der Waals surface area contributed by atoms with Gasteiger partial charge in [-0.05, 0) is 42.2 Å². The van der Waals surface area contributed by atoms with E-state index < -0.39 is 0 Å². The first-order valence-corrected chi connectivity index (χ1v) is 9.46. The van der Waals surface area contributed by atoms with Gasteiger partial charge in [0, 0.05) is 6.07 Å². The summed E-state index contributed by atoms with van der Waals surface area (Å²) in [5, 5.41) is 8.05. The van der Waals surface area contributed by atoms with Crippen LogP contribution in [0.1, 0.15) is 42.6 Å². The first kappa shape index (κ1) is 17.5. The normalized spacial score (nSPS) is 11.9. The van der Waals surface area contributed by atoms with Crippen molar-refractivity contribution in [2.24, 2.45) is 0 Å². The van der Waals surface area contributed by atoms with E-state index in [1.807, 2.05) is 19.1 Å². The molecule has 6 nitrogen and oxygen atoms in total. The van der Waals surface area contributed by atoms with E-state index in [4.69, 9.17) is 9.40 Å². The molecule has 0 fully saturated rings. The summed E-state index contributed by atoms with van der Waals surface area (Å²) in [6.07, 6.45) is 1.47. The molecule has 0 atom stereocenters. The maximum Gasteiger partial charge on any atom is 0.292 e. The van der Waals surface area contributed by atoms with Crippen LogP contribution in [0.15, 0.2) is 47.1 Å². The van der Waals surface area contributed by atoms with E-state index in [1.165, 1.54) is 11.8 Å². The van der Waals surface area contributed by atoms with Crippen molar-refractivity contribution in [3.63, 3.8) is 0 Å². The maximum atomic E-state index is 12.3. The highest BCUT2D eigenvalue weighted by molar-refractivity contribution is 7.20. The monoisotopic (exact) mass is 380 g/mol. The number of aromatic nitrogens is 3. The third kappa shape index (κ3) is 3.38. The van der Waals surface area contributed by atoms with Gasteiger partial charge < -0.3 is 9.73 Å². The predicted molar refractivity (Wildman–Crippen MR) is 107 cm³/mol.